The molecule has 178 valence electrons. The molecule has 36 heavy (non-hydrogen) atoms. The summed E-state index contributed by atoms with van der Waals surface area (Å²) >= 11 is 5.20. The van der Waals surface area contributed by atoms with Crippen LogP contribution in [0.2, 0.25) is 0 Å². The van der Waals surface area contributed by atoms with E-state index in [0.717, 1.165) is 43.4 Å². The topological polar surface area (TPSA) is 114 Å². The highest BCUT2D eigenvalue weighted by Gasteiger charge is 2.11. The first-order valence-corrected chi connectivity index (χ1v) is 12.7. The van der Waals surface area contributed by atoms with E-state index in [0.29, 0.717) is 11.8 Å². The van der Waals surface area contributed by atoms with Gasteiger partial charge in [-0.3, -0.25) is 0 Å². The van der Waals surface area contributed by atoms with E-state index in [2.05, 4.69) is 46.7 Å². The van der Waals surface area contributed by atoms with Crippen LogP contribution in [0.1, 0.15) is 5.69 Å². The average Bonchev–Trinajstić information content (AvgIpc) is 3.32. The number of hydrogen-bond acceptors (Lipinski definition) is 7. The van der Waals surface area contributed by atoms with Crippen LogP contribution in [0, 0.1) is 6.92 Å². The zero-order valence-corrected chi connectivity index (χ0v) is 21.6. The number of aliphatic imine (C=N–C) groups is 1. The monoisotopic (exact) mass is 556 g/mol. The Morgan fingerprint density at radius 2 is 1.67 bits per heavy atom. The second-order valence-electron chi connectivity index (χ2n) is 7.75. The standard InChI is InChI=1S/C26H21BrN8S/c1-16-15-22(24-18(27)13-14-36-24)32-26(29-16)31-21-10-6-5-9-20(21)30-25(28)33-23-12-11-19(34-35-23)17-7-3-2-4-8-17/h2-15H,1H3,(H,29,31,32)(H3,28,30,33,35). The first-order valence-electron chi connectivity index (χ1n) is 11.0. The van der Waals surface area contributed by atoms with Crippen molar-refractivity contribution in [1.82, 2.24) is 20.2 Å². The number of nitrogens with one attached hydrogen (secondary N) is 2. The molecule has 3 aromatic heterocycles. The number of aryl methyl sites for hydroxylation is 1. The number of aromatic nitrogens is 4. The molecule has 0 fully saturated rings. The van der Waals surface area contributed by atoms with Gasteiger partial charge in [-0.2, -0.15) is 4.99 Å². The summed E-state index contributed by atoms with van der Waals surface area (Å²) in [6, 6.07) is 25.1. The summed E-state index contributed by atoms with van der Waals surface area (Å²) in [5, 5.41) is 16.9. The lowest BCUT2D eigenvalue weighted by Gasteiger charge is -2.13. The van der Waals surface area contributed by atoms with Gasteiger partial charge in [0.25, 0.3) is 0 Å². The predicted octanol–water partition coefficient (Wildman–Crippen LogP) is 6.53. The van der Waals surface area contributed by atoms with Crippen LogP contribution in [0.25, 0.3) is 21.8 Å². The fourth-order valence-corrected chi connectivity index (χ4v) is 5.01. The summed E-state index contributed by atoms with van der Waals surface area (Å²) in [6.07, 6.45) is 0. The number of thiophene rings is 1. The molecule has 0 bridgehead atoms. The molecule has 10 heteroatoms. The van der Waals surface area contributed by atoms with Crippen molar-refractivity contribution < 1.29 is 0 Å². The maximum absolute atomic E-state index is 6.19. The van der Waals surface area contributed by atoms with Gasteiger partial charge in [0.2, 0.25) is 5.95 Å². The minimum atomic E-state index is 0.180. The van der Waals surface area contributed by atoms with E-state index in [-0.39, 0.29) is 5.96 Å². The normalized spacial score (nSPS) is 11.3. The van der Waals surface area contributed by atoms with Crippen LogP contribution in [0.4, 0.5) is 23.1 Å². The first kappa shape index (κ1) is 23.6. The molecule has 0 unspecified atom stereocenters. The Kier molecular flexibility index (Phi) is 6.96. The molecule has 2 aromatic carbocycles. The van der Waals surface area contributed by atoms with Crippen LogP contribution < -0.4 is 16.4 Å². The lowest BCUT2D eigenvalue weighted by Crippen LogP contribution is -2.22. The molecule has 0 aliphatic rings. The van der Waals surface area contributed by atoms with Crippen molar-refractivity contribution in [3.63, 3.8) is 0 Å². The van der Waals surface area contributed by atoms with Crippen molar-refractivity contribution in [2.75, 3.05) is 10.6 Å². The third kappa shape index (κ3) is 5.56. The van der Waals surface area contributed by atoms with E-state index >= 15 is 0 Å². The van der Waals surface area contributed by atoms with Crippen molar-refractivity contribution in [3.8, 4) is 21.8 Å². The quantitative estimate of drug-likeness (QED) is 0.161. The van der Waals surface area contributed by atoms with Gasteiger partial charge in [0.05, 0.1) is 27.6 Å². The van der Waals surface area contributed by atoms with Gasteiger partial charge in [-0.05, 0) is 64.6 Å². The third-order valence-electron chi connectivity index (χ3n) is 5.10. The molecule has 8 nitrogen and oxygen atoms in total. The van der Waals surface area contributed by atoms with Crippen LogP contribution in [0.15, 0.2) is 93.7 Å². The number of nitrogens with zero attached hydrogens (tertiary/aromatic N) is 5. The molecular weight excluding hydrogens is 536 g/mol. The Labute approximate surface area is 220 Å². The minimum Gasteiger partial charge on any atom is -0.369 e. The van der Waals surface area contributed by atoms with Crippen molar-refractivity contribution in [3.05, 3.63) is 94.4 Å². The number of benzene rings is 2. The van der Waals surface area contributed by atoms with Crippen molar-refractivity contribution in [2.24, 2.45) is 10.7 Å². The van der Waals surface area contributed by atoms with Crippen LogP contribution in [0.3, 0.4) is 0 Å². The van der Waals surface area contributed by atoms with E-state index in [1.54, 1.807) is 17.4 Å². The number of hydrogen-bond donors (Lipinski definition) is 3. The van der Waals surface area contributed by atoms with Gasteiger partial charge in [0.15, 0.2) is 11.8 Å². The molecule has 3 heterocycles. The Morgan fingerprint density at radius 1 is 0.889 bits per heavy atom. The highest BCUT2D eigenvalue weighted by atomic mass is 79.9. The summed E-state index contributed by atoms with van der Waals surface area (Å²) in [5.41, 5.74) is 11.1. The van der Waals surface area contributed by atoms with E-state index < -0.39 is 0 Å². The SMILES string of the molecule is Cc1cc(-c2sccc2Br)nc(Nc2ccccc2NC(N)=Nc2ccc(-c3ccccc3)nn2)n1. The molecule has 0 radical (unpaired) electrons. The van der Waals surface area contributed by atoms with Gasteiger partial charge >= 0.3 is 0 Å². The third-order valence-corrected chi connectivity index (χ3v) is 6.96. The van der Waals surface area contributed by atoms with E-state index in [1.807, 2.05) is 85.1 Å². The molecule has 0 saturated heterocycles. The second-order valence-corrected chi connectivity index (χ2v) is 9.52. The van der Waals surface area contributed by atoms with Gasteiger partial charge < -0.3 is 16.4 Å². The summed E-state index contributed by atoms with van der Waals surface area (Å²) in [6.45, 7) is 1.94. The molecule has 5 aromatic rings. The molecule has 0 aliphatic carbocycles. The minimum absolute atomic E-state index is 0.180. The molecule has 0 aliphatic heterocycles. The number of rotatable bonds is 6. The number of para-hydroxylation sites is 2. The fraction of sp³-hybridized carbons (Fsp3) is 0.0385. The van der Waals surface area contributed by atoms with Crippen molar-refractivity contribution in [2.45, 2.75) is 6.92 Å². The summed E-state index contributed by atoms with van der Waals surface area (Å²) in [5.74, 6) is 1.06. The first-order chi connectivity index (χ1) is 17.5. The lowest BCUT2D eigenvalue weighted by atomic mass is 10.1. The van der Waals surface area contributed by atoms with Crippen molar-refractivity contribution >= 4 is 56.4 Å². The average molecular weight is 557 g/mol. The predicted molar refractivity (Wildman–Crippen MR) is 150 cm³/mol. The van der Waals surface area contributed by atoms with Crippen LogP contribution >= 0.6 is 27.3 Å². The van der Waals surface area contributed by atoms with Crippen LogP contribution in [-0.2, 0) is 0 Å². The van der Waals surface area contributed by atoms with E-state index in [9.17, 15) is 0 Å². The maximum atomic E-state index is 6.19. The molecular formula is C26H21BrN8S. The summed E-state index contributed by atoms with van der Waals surface area (Å²) in [7, 11) is 0. The van der Waals surface area contributed by atoms with Gasteiger partial charge in [-0.25, -0.2) is 9.97 Å². The Balaban J connectivity index is 1.34. The van der Waals surface area contributed by atoms with E-state index in [1.165, 1.54) is 0 Å². The largest absolute Gasteiger partial charge is 0.369 e. The number of halogens is 1. The zero-order chi connectivity index (χ0) is 24.9. The molecule has 0 atom stereocenters. The zero-order valence-electron chi connectivity index (χ0n) is 19.2. The van der Waals surface area contributed by atoms with Crippen LogP contribution in [-0.4, -0.2) is 26.1 Å². The number of anilines is 3. The van der Waals surface area contributed by atoms with E-state index in [4.69, 9.17) is 10.7 Å². The molecule has 0 spiro atoms. The summed E-state index contributed by atoms with van der Waals surface area (Å²) < 4.78 is 1.00. The summed E-state index contributed by atoms with van der Waals surface area (Å²) in [4.78, 5) is 14.7. The van der Waals surface area contributed by atoms with Gasteiger partial charge in [-0.1, -0.05) is 42.5 Å². The number of nitrogens with two attached hydrogens (primary N) is 1. The second kappa shape index (κ2) is 10.6. The highest BCUT2D eigenvalue weighted by molar-refractivity contribution is 9.10. The smallest absolute Gasteiger partial charge is 0.228 e. The fourth-order valence-electron chi connectivity index (χ4n) is 3.48. The lowest BCUT2D eigenvalue weighted by molar-refractivity contribution is 1.03. The molecule has 0 saturated carbocycles. The maximum Gasteiger partial charge on any atom is 0.228 e. The molecule has 0 amide bonds. The van der Waals surface area contributed by atoms with Gasteiger partial charge in [0, 0.05) is 15.7 Å². The van der Waals surface area contributed by atoms with Gasteiger partial charge in [0.1, 0.15) is 0 Å². The number of guanidine groups is 1. The molecule has 5 rings (SSSR count). The Hall–Kier alpha value is -4.15. The highest BCUT2D eigenvalue weighted by Crippen LogP contribution is 2.33. The van der Waals surface area contributed by atoms with Crippen LogP contribution in [0.5, 0.6) is 0 Å². The van der Waals surface area contributed by atoms with Gasteiger partial charge in [-0.15, -0.1) is 21.5 Å². The Morgan fingerprint density at radius 3 is 2.39 bits per heavy atom. The molecule has 4 N–H and O–H groups in total. The van der Waals surface area contributed by atoms with Crippen molar-refractivity contribution in [1.29, 1.82) is 0 Å². The Bertz CT molecular complexity index is 1520.